The second-order valence-electron chi connectivity index (χ2n) is 6.05. The van der Waals surface area contributed by atoms with Crippen molar-refractivity contribution in [3.8, 4) is 0 Å². The lowest BCUT2D eigenvalue weighted by Crippen LogP contribution is -2.11. The van der Waals surface area contributed by atoms with Crippen LogP contribution in [0.15, 0.2) is 59.8 Å². The Bertz CT molecular complexity index is 940. The Morgan fingerprint density at radius 1 is 1.00 bits per heavy atom. The fourth-order valence-corrected chi connectivity index (χ4v) is 4.88. The Hall–Kier alpha value is -2.14. The van der Waals surface area contributed by atoms with Gasteiger partial charge >= 0.3 is 0 Å². The van der Waals surface area contributed by atoms with Gasteiger partial charge in [-0.3, -0.25) is 4.98 Å². The molecule has 23 heavy (non-hydrogen) atoms. The zero-order valence-electron chi connectivity index (χ0n) is 12.7. The highest BCUT2D eigenvalue weighted by Gasteiger charge is 2.26. The molecule has 3 aromatic rings. The van der Waals surface area contributed by atoms with Crippen LogP contribution in [-0.2, 0) is 10.0 Å². The highest BCUT2D eigenvalue weighted by molar-refractivity contribution is 7.90. The standard InChI is InChI=1S/C18H18N2O2S/c21-23(22,15-9-2-1-3-10-15)20-13-16(14-7-4-5-8-14)18-17(20)11-6-12-19-18/h1-3,6,9-14H,4-5,7-8H2. The second kappa shape index (κ2) is 5.49. The molecule has 0 bridgehead atoms. The van der Waals surface area contributed by atoms with Gasteiger partial charge in [-0.05, 0) is 43.0 Å². The van der Waals surface area contributed by atoms with Gasteiger partial charge in [0.1, 0.15) is 0 Å². The average Bonchev–Trinajstić information content (AvgIpc) is 3.23. The minimum atomic E-state index is -3.60. The minimum absolute atomic E-state index is 0.304. The first kappa shape index (κ1) is 14.5. The van der Waals surface area contributed by atoms with E-state index in [0.29, 0.717) is 16.3 Å². The summed E-state index contributed by atoms with van der Waals surface area (Å²) in [6, 6.07) is 12.2. The van der Waals surface area contributed by atoms with E-state index in [-0.39, 0.29) is 0 Å². The van der Waals surface area contributed by atoms with Crippen LogP contribution in [0.25, 0.3) is 11.0 Å². The van der Waals surface area contributed by atoms with Crippen LogP contribution in [0.2, 0.25) is 0 Å². The average molecular weight is 326 g/mol. The van der Waals surface area contributed by atoms with Crippen molar-refractivity contribution in [3.05, 3.63) is 60.4 Å². The van der Waals surface area contributed by atoms with E-state index in [0.717, 1.165) is 23.9 Å². The topological polar surface area (TPSA) is 52.0 Å². The van der Waals surface area contributed by atoms with Crippen molar-refractivity contribution < 1.29 is 8.42 Å². The molecule has 0 N–H and O–H groups in total. The van der Waals surface area contributed by atoms with Gasteiger partial charge in [0.05, 0.1) is 15.9 Å². The van der Waals surface area contributed by atoms with Crippen molar-refractivity contribution in [1.29, 1.82) is 0 Å². The smallest absolute Gasteiger partial charge is 0.254 e. The van der Waals surface area contributed by atoms with E-state index >= 15 is 0 Å². The molecule has 1 fully saturated rings. The molecule has 5 heteroatoms. The summed E-state index contributed by atoms with van der Waals surface area (Å²) in [5, 5.41) is 0. The molecule has 0 aliphatic heterocycles. The molecule has 0 saturated heterocycles. The summed E-state index contributed by atoms with van der Waals surface area (Å²) in [5.41, 5.74) is 2.55. The van der Waals surface area contributed by atoms with E-state index in [2.05, 4.69) is 4.98 Å². The SMILES string of the molecule is O=S(=O)(c1ccccc1)n1cc(C2CCCC2)c2ncccc21. The maximum absolute atomic E-state index is 13.0. The van der Waals surface area contributed by atoms with Crippen LogP contribution >= 0.6 is 0 Å². The van der Waals surface area contributed by atoms with Gasteiger partial charge in [0.2, 0.25) is 0 Å². The van der Waals surface area contributed by atoms with Crippen LogP contribution in [-0.4, -0.2) is 17.4 Å². The van der Waals surface area contributed by atoms with Gasteiger partial charge in [0, 0.05) is 18.0 Å². The molecule has 0 amide bonds. The summed E-state index contributed by atoms with van der Waals surface area (Å²) in [7, 11) is -3.60. The first-order chi connectivity index (χ1) is 11.2. The van der Waals surface area contributed by atoms with Gasteiger partial charge in [0.15, 0.2) is 0 Å². The summed E-state index contributed by atoms with van der Waals surface area (Å²) in [5.74, 6) is 0.416. The maximum atomic E-state index is 13.0. The summed E-state index contributed by atoms with van der Waals surface area (Å²) in [6.07, 6.45) is 8.16. The monoisotopic (exact) mass is 326 g/mol. The normalized spacial score (nSPS) is 16.2. The van der Waals surface area contributed by atoms with E-state index in [9.17, 15) is 8.42 Å². The number of hydrogen-bond acceptors (Lipinski definition) is 3. The predicted molar refractivity (Wildman–Crippen MR) is 90.0 cm³/mol. The molecule has 0 spiro atoms. The largest absolute Gasteiger partial charge is 0.268 e. The van der Waals surface area contributed by atoms with Crippen LogP contribution in [0.1, 0.15) is 37.2 Å². The van der Waals surface area contributed by atoms with Crippen LogP contribution in [0.4, 0.5) is 0 Å². The number of fused-ring (bicyclic) bond motifs is 1. The van der Waals surface area contributed by atoms with E-state index < -0.39 is 10.0 Å². The number of pyridine rings is 1. The first-order valence-electron chi connectivity index (χ1n) is 7.94. The Kier molecular flexibility index (Phi) is 3.45. The third kappa shape index (κ3) is 2.36. The van der Waals surface area contributed by atoms with Crippen molar-refractivity contribution >= 4 is 21.1 Å². The molecule has 1 aliphatic carbocycles. The van der Waals surface area contributed by atoms with Gasteiger partial charge in [-0.15, -0.1) is 0 Å². The van der Waals surface area contributed by atoms with E-state index in [4.69, 9.17) is 0 Å². The molecule has 4 nitrogen and oxygen atoms in total. The fraction of sp³-hybridized carbons (Fsp3) is 0.278. The van der Waals surface area contributed by atoms with Crippen molar-refractivity contribution in [2.45, 2.75) is 36.5 Å². The van der Waals surface area contributed by atoms with Crippen molar-refractivity contribution in [2.24, 2.45) is 0 Å². The molecular formula is C18H18N2O2S. The number of aromatic nitrogens is 2. The van der Waals surface area contributed by atoms with Gasteiger partial charge in [0.25, 0.3) is 10.0 Å². The van der Waals surface area contributed by atoms with Crippen LogP contribution in [0.3, 0.4) is 0 Å². The lowest BCUT2D eigenvalue weighted by molar-refractivity contribution is 0.588. The fourth-order valence-electron chi connectivity index (χ4n) is 3.49. The third-order valence-electron chi connectivity index (χ3n) is 4.65. The van der Waals surface area contributed by atoms with Crippen LogP contribution in [0, 0.1) is 0 Å². The number of nitrogens with zero attached hydrogens (tertiary/aromatic N) is 2. The summed E-state index contributed by atoms with van der Waals surface area (Å²) in [6.45, 7) is 0. The second-order valence-corrected chi connectivity index (χ2v) is 7.87. The summed E-state index contributed by atoms with van der Waals surface area (Å²) >= 11 is 0. The highest BCUT2D eigenvalue weighted by atomic mass is 32.2. The molecule has 1 saturated carbocycles. The Balaban J connectivity index is 1.94. The number of rotatable bonds is 3. The Morgan fingerprint density at radius 3 is 2.48 bits per heavy atom. The van der Waals surface area contributed by atoms with Crippen molar-refractivity contribution in [2.75, 3.05) is 0 Å². The Morgan fingerprint density at radius 2 is 1.74 bits per heavy atom. The highest BCUT2D eigenvalue weighted by Crippen LogP contribution is 2.38. The quantitative estimate of drug-likeness (QED) is 0.733. The van der Waals surface area contributed by atoms with Crippen LogP contribution < -0.4 is 0 Å². The van der Waals surface area contributed by atoms with Crippen molar-refractivity contribution in [3.63, 3.8) is 0 Å². The van der Waals surface area contributed by atoms with Gasteiger partial charge in [-0.1, -0.05) is 31.0 Å². The zero-order valence-corrected chi connectivity index (χ0v) is 13.5. The molecule has 118 valence electrons. The molecular weight excluding hydrogens is 308 g/mol. The molecule has 4 rings (SSSR count). The first-order valence-corrected chi connectivity index (χ1v) is 9.38. The number of hydrogen-bond donors (Lipinski definition) is 0. The number of benzene rings is 1. The van der Waals surface area contributed by atoms with E-state index in [1.165, 1.54) is 16.8 Å². The molecule has 2 heterocycles. The Labute approximate surface area is 135 Å². The summed E-state index contributed by atoms with van der Waals surface area (Å²) in [4.78, 5) is 4.77. The van der Waals surface area contributed by atoms with E-state index in [1.807, 2.05) is 12.1 Å². The van der Waals surface area contributed by atoms with E-state index in [1.54, 1.807) is 42.7 Å². The van der Waals surface area contributed by atoms with Crippen molar-refractivity contribution in [1.82, 2.24) is 8.96 Å². The van der Waals surface area contributed by atoms with Gasteiger partial charge in [-0.25, -0.2) is 12.4 Å². The van der Waals surface area contributed by atoms with Gasteiger partial charge in [-0.2, -0.15) is 0 Å². The third-order valence-corrected chi connectivity index (χ3v) is 6.34. The predicted octanol–water partition coefficient (Wildman–Crippen LogP) is 3.93. The summed E-state index contributed by atoms with van der Waals surface area (Å²) < 4.78 is 27.4. The maximum Gasteiger partial charge on any atom is 0.268 e. The molecule has 0 unspecified atom stereocenters. The lowest BCUT2D eigenvalue weighted by Gasteiger charge is -2.07. The van der Waals surface area contributed by atoms with Crippen LogP contribution in [0.5, 0.6) is 0 Å². The minimum Gasteiger partial charge on any atom is -0.254 e. The molecule has 0 radical (unpaired) electrons. The zero-order chi connectivity index (χ0) is 15.9. The van der Waals surface area contributed by atoms with Gasteiger partial charge < -0.3 is 0 Å². The lowest BCUT2D eigenvalue weighted by atomic mass is 10.00. The molecule has 1 aliphatic rings. The molecule has 1 aromatic carbocycles. The molecule has 2 aromatic heterocycles. The molecule has 0 atom stereocenters.